The highest BCUT2D eigenvalue weighted by atomic mass is 16.5. The van der Waals surface area contributed by atoms with E-state index < -0.39 is 5.41 Å². The van der Waals surface area contributed by atoms with Gasteiger partial charge in [0.15, 0.2) is 0 Å². The van der Waals surface area contributed by atoms with Crippen LogP contribution < -0.4 is 5.73 Å². The molecule has 0 saturated heterocycles. The van der Waals surface area contributed by atoms with Crippen molar-refractivity contribution in [3.63, 3.8) is 0 Å². The molecule has 0 aromatic heterocycles. The summed E-state index contributed by atoms with van der Waals surface area (Å²) in [5.74, 6) is -0.167. The van der Waals surface area contributed by atoms with Crippen molar-refractivity contribution in [2.75, 3.05) is 6.61 Å². The van der Waals surface area contributed by atoms with Crippen molar-refractivity contribution in [1.29, 1.82) is 0 Å². The molecule has 1 aromatic rings. The van der Waals surface area contributed by atoms with Crippen LogP contribution in [0.3, 0.4) is 0 Å². The molecule has 0 spiro atoms. The van der Waals surface area contributed by atoms with Gasteiger partial charge in [0.05, 0.1) is 5.41 Å². The first kappa shape index (κ1) is 13.7. The van der Waals surface area contributed by atoms with E-state index in [1.165, 1.54) is 5.56 Å². The first-order valence-electron chi connectivity index (χ1n) is 5.94. The van der Waals surface area contributed by atoms with Gasteiger partial charge in [-0.05, 0) is 26.3 Å². The van der Waals surface area contributed by atoms with E-state index in [4.69, 9.17) is 4.74 Å². The molecule has 0 aliphatic heterocycles. The summed E-state index contributed by atoms with van der Waals surface area (Å²) in [6.45, 7) is 5.94. The molecular weight excluding hydrogens is 214 g/mol. The molecule has 3 heteroatoms. The Bertz CT molecular complexity index is 354. The van der Waals surface area contributed by atoms with E-state index in [0.717, 1.165) is 6.42 Å². The lowest BCUT2D eigenvalue weighted by atomic mass is 9.97. The average Bonchev–Trinajstić information content (AvgIpc) is 2.26. The van der Waals surface area contributed by atoms with Crippen LogP contribution in [0, 0.1) is 5.41 Å². The first-order chi connectivity index (χ1) is 7.89. The summed E-state index contributed by atoms with van der Waals surface area (Å²) >= 11 is 0. The number of carbonyl (C=O) groups excluding carboxylic acids is 1. The van der Waals surface area contributed by atoms with Crippen molar-refractivity contribution in [3.8, 4) is 0 Å². The van der Waals surface area contributed by atoms with Gasteiger partial charge < -0.3 is 10.5 Å². The van der Waals surface area contributed by atoms with E-state index in [-0.39, 0.29) is 12.0 Å². The van der Waals surface area contributed by atoms with E-state index in [1.54, 1.807) is 0 Å². The summed E-state index contributed by atoms with van der Waals surface area (Å²) in [6, 6.07) is 10.2. The predicted octanol–water partition coefficient (Wildman–Crippen LogP) is 1.43. The minimum Gasteiger partial charge on any atom is -0.459 e. The maximum atomic E-state index is 11.6. The normalized spacial score (nSPS) is 13.2. The fourth-order valence-electron chi connectivity index (χ4n) is 1.42. The first-order valence-corrected chi connectivity index (χ1v) is 5.94. The average molecular weight is 236 g/mol. The Morgan fingerprint density at radius 3 is 2.41 bits per heavy atom. The van der Waals surface area contributed by atoms with E-state index >= 15 is 0 Å². The monoisotopic (exact) mass is 236 g/mol. The molecule has 0 radical (unpaired) electrons. The van der Waals surface area contributed by atoms with E-state index in [9.17, 15) is 4.79 Å². The minimum absolute atomic E-state index is 0.101. The molecular formula is C14H22NO2+. The number of quaternary nitrogens is 1. The van der Waals surface area contributed by atoms with Crippen molar-refractivity contribution >= 4 is 5.97 Å². The Balaban J connectivity index is 2.36. The zero-order valence-corrected chi connectivity index (χ0v) is 10.9. The molecule has 3 nitrogen and oxygen atoms in total. The molecule has 0 amide bonds. The summed E-state index contributed by atoms with van der Waals surface area (Å²) in [6.07, 6.45) is 0.832. The van der Waals surface area contributed by atoms with Crippen LogP contribution in [0.15, 0.2) is 30.3 Å². The molecule has 17 heavy (non-hydrogen) atoms. The second kappa shape index (κ2) is 5.82. The van der Waals surface area contributed by atoms with Gasteiger partial charge in [-0.2, -0.15) is 0 Å². The lowest BCUT2D eigenvalue weighted by molar-refractivity contribution is -0.424. The van der Waals surface area contributed by atoms with Gasteiger partial charge in [0.1, 0.15) is 12.6 Å². The van der Waals surface area contributed by atoms with Gasteiger partial charge >= 0.3 is 5.97 Å². The van der Waals surface area contributed by atoms with Crippen molar-refractivity contribution in [1.82, 2.24) is 0 Å². The molecule has 0 bridgehead atoms. The molecule has 0 aliphatic carbocycles. The number of ether oxygens (including phenoxy) is 1. The van der Waals surface area contributed by atoms with Gasteiger partial charge in [-0.3, -0.25) is 4.79 Å². The smallest absolute Gasteiger partial charge is 0.311 e. The van der Waals surface area contributed by atoms with Crippen LogP contribution in [0.25, 0.3) is 0 Å². The number of hydrogen-bond donors (Lipinski definition) is 1. The van der Waals surface area contributed by atoms with Crippen LogP contribution in [0.5, 0.6) is 0 Å². The molecule has 1 unspecified atom stereocenters. The van der Waals surface area contributed by atoms with Gasteiger partial charge in [-0.15, -0.1) is 0 Å². The number of benzene rings is 1. The Morgan fingerprint density at radius 2 is 1.88 bits per heavy atom. The van der Waals surface area contributed by atoms with E-state index in [2.05, 4.69) is 17.9 Å². The fourth-order valence-corrected chi connectivity index (χ4v) is 1.42. The Labute approximate surface area is 103 Å². The SMILES string of the molecule is CC(C)(C)C(=O)OCC([NH3+])Cc1ccccc1. The topological polar surface area (TPSA) is 53.9 Å². The third-order valence-electron chi connectivity index (χ3n) is 2.43. The number of esters is 1. The third-order valence-corrected chi connectivity index (χ3v) is 2.43. The van der Waals surface area contributed by atoms with Crippen LogP contribution >= 0.6 is 0 Å². The zero-order valence-electron chi connectivity index (χ0n) is 10.9. The summed E-state index contributed by atoms with van der Waals surface area (Å²) in [5, 5.41) is 0. The maximum absolute atomic E-state index is 11.6. The number of rotatable bonds is 4. The second-order valence-electron chi connectivity index (χ2n) is 5.40. The van der Waals surface area contributed by atoms with Gasteiger partial charge in [0, 0.05) is 6.42 Å². The van der Waals surface area contributed by atoms with Gasteiger partial charge in [0.25, 0.3) is 0 Å². The highest BCUT2D eigenvalue weighted by Crippen LogP contribution is 2.15. The lowest BCUT2D eigenvalue weighted by Gasteiger charge is -2.17. The molecule has 1 aromatic carbocycles. The van der Waals surface area contributed by atoms with Crippen LogP contribution in [-0.4, -0.2) is 18.6 Å². The quantitative estimate of drug-likeness (QED) is 0.804. The van der Waals surface area contributed by atoms with Crippen molar-refractivity contribution in [2.24, 2.45) is 5.41 Å². The highest BCUT2D eigenvalue weighted by molar-refractivity contribution is 5.75. The van der Waals surface area contributed by atoms with Crippen LogP contribution in [0.1, 0.15) is 26.3 Å². The summed E-state index contributed by atoms with van der Waals surface area (Å²) in [7, 11) is 0. The molecule has 0 fully saturated rings. The van der Waals surface area contributed by atoms with Crippen LogP contribution in [0.4, 0.5) is 0 Å². The van der Waals surface area contributed by atoms with E-state index in [1.807, 2.05) is 39.0 Å². The molecule has 0 saturated carbocycles. The summed E-state index contributed by atoms with van der Waals surface area (Å²) in [5.41, 5.74) is 4.79. The van der Waals surface area contributed by atoms with Gasteiger partial charge in [-0.25, -0.2) is 0 Å². The predicted molar refractivity (Wildman–Crippen MR) is 67.2 cm³/mol. The Hall–Kier alpha value is -1.35. The number of hydrogen-bond acceptors (Lipinski definition) is 2. The van der Waals surface area contributed by atoms with E-state index in [0.29, 0.717) is 6.61 Å². The molecule has 0 aliphatic rings. The van der Waals surface area contributed by atoms with Crippen LogP contribution in [0.2, 0.25) is 0 Å². The number of carbonyl (C=O) groups is 1. The lowest BCUT2D eigenvalue weighted by Crippen LogP contribution is -2.64. The summed E-state index contributed by atoms with van der Waals surface area (Å²) in [4.78, 5) is 11.6. The standard InChI is InChI=1S/C14H21NO2/c1-14(2,3)13(16)17-10-12(15)9-11-7-5-4-6-8-11/h4-8,12H,9-10,15H2,1-3H3/p+1. The van der Waals surface area contributed by atoms with Crippen molar-refractivity contribution in [3.05, 3.63) is 35.9 Å². The second-order valence-corrected chi connectivity index (χ2v) is 5.40. The fraction of sp³-hybridized carbons (Fsp3) is 0.500. The Kier molecular flexibility index (Phi) is 4.70. The van der Waals surface area contributed by atoms with Crippen LogP contribution in [-0.2, 0) is 16.0 Å². The minimum atomic E-state index is -0.438. The Morgan fingerprint density at radius 1 is 1.29 bits per heavy atom. The van der Waals surface area contributed by atoms with Gasteiger partial charge in [0.2, 0.25) is 0 Å². The van der Waals surface area contributed by atoms with Crippen molar-refractivity contribution in [2.45, 2.75) is 33.2 Å². The highest BCUT2D eigenvalue weighted by Gasteiger charge is 2.24. The molecule has 0 heterocycles. The molecule has 1 rings (SSSR count). The van der Waals surface area contributed by atoms with Crippen molar-refractivity contribution < 1.29 is 15.3 Å². The molecule has 1 atom stereocenters. The molecule has 3 N–H and O–H groups in total. The molecule has 94 valence electrons. The largest absolute Gasteiger partial charge is 0.459 e. The maximum Gasteiger partial charge on any atom is 0.311 e. The van der Waals surface area contributed by atoms with Gasteiger partial charge in [-0.1, -0.05) is 30.3 Å². The summed E-state index contributed by atoms with van der Waals surface area (Å²) < 4.78 is 5.24. The third kappa shape index (κ3) is 5.00. The zero-order chi connectivity index (χ0) is 12.9.